The molecule has 1 aromatic heterocycles. The monoisotopic (exact) mass is 251 g/mol. The highest BCUT2D eigenvalue weighted by atomic mass is 32.2. The van der Waals surface area contributed by atoms with E-state index in [0.717, 1.165) is 0 Å². The number of nitrogens with zero attached hydrogens (tertiary/aromatic N) is 1. The Bertz CT molecular complexity index is 390. The van der Waals surface area contributed by atoms with E-state index in [9.17, 15) is 17.4 Å². The number of alkyl halides is 3. The summed E-state index contributed by atoms with van der Waals surface area (Å²) in [5, 5.41) is 0. The molecule has 0 aliphatic heterocycles. The van der Waals surface area contributed by atoms with Crippen LogP contribution in [0.5, 0.6) is 0 Å². The fourth-order valence-electron chi connectivity index (χ4n) is 1.26. The van der Waals surface area contributed by atoms with E-state index < -0.39 is 22.7 Å². The van der Waals surface area contributed by atoms with Crippen molar-refractivity contribution in [2.75, 3.05) is 5.75 Å². The zero-order valence-electron chi connectivity index (χ0n) is 8.91. The highest BCUT2D eigenvalue weighted by molar-refractivity contribution is 7.85. The van der Waals surface area contributed by atoms with E-state index >= 15 is 0 Å². The van der Waals surface area contributed by atoms with Crippen LogP contribution in [0.15, 0.2) is 23.2 Å². The predicted octanol–water partition coefficient (Wildman–Crippen LogP) is 2.87. The minimum atomic E-state index is -4.42. The molecule has 2 nitrogen and oxygen atoms in total. The van der Waals surface area contributed by atoms with Crippen LogP contribution in [0.2, 0.25) is 0 Å². The Balaban J connectivity index is 3.00. The van der Waals surface area contributed by atoms with Crippen molar-refractivity contribution < 1.29 is 17.4 Å². The summed E-state index contributed by atoms with van der Waals surface area (Å²) in [5.74, 6) is -1.37. The van der Waals surface area contributed by atoms with E-state index in [1.165, 1.54) is 18.3 Å². The second kappa shape index (κ2) is 4.95. The first kappa shape index (κ1) is 13.2. The van der Waals surface area contributed by atoms with Gasteiger partial charge in [-0.25, -0.2) is 0 Å². The maximum absolute atomic E-state index is 12.1. The standard InChI is InChI=1S/C10H12F3NOS/c1-7(2)9-8(4-3-5-14-9)16(15)6-10(11,12)13/h3-5,7H,6H2,1-2H3. The lowest BCUT2D eigenvalue weighted by Gasteiger charge is -2.11. The summed E-state index contributed by atoms with van der Waals surface area (Å²) >= 11 is 0. The smallest absolute Gasteiger partial charge is 0.260 e. The maximum Gasteiger partial charge on any atom is 0.400 e. The predicted molar refractivity (Wildman–Crippen MR) is 55.7 cm³/mol. The van der Waals surface area contributed by atoms with E-state index in [-0.39, 0.29) is 10.8 Å². The Kier molecular flexibility index (Phi) is 4.07. The minimum Gasteiger partial charge on any atom is -0.260 e. The molecule has 0 bridgehead atoms. The van der Waals surface area contributed by atoms with E-state index in [2.05, 4.69) is 4.98 Å². The van der Waals surface area contributed by atoms with Crippen LogP contribution in [0.3, 0.4) is 0 Å². The number of hydrogen-bond donors (Lipinski definition) is 0. The van der Waals surface area contributed by atoms with Crippen molar-refractivity contribution in [3.8, 4) is 0 Å². The fourth-order valence-corrected chi connectivity index (χ4v) is 2.46. The Labute approximate surface area is 94.3 Å². The molecular weight excluding hydrogens is 239 g/mol. The third kappa shape index (κ3) is 3.59. The summed E-state index contributed by atoms with van der Waals surface area (Å²) in [6, 6.07) is 2.93. The van der Waals surface area contributed by atoms with Crippen LogP contribution in [0, 0.1) is 0 Å². The van der Waals surface area contributed by atoms with Gasteiger partial charge in [-0.3, -0.25) is 9.19 Å². The van der Waals surface area contributed by atoms with E-state index in [4.69, 9.17) is 0 Å². The number of hydrogen-bond acceptors (Lipinski definition) is 2. The lowest BCUT2D eigenvalue weighted by Crippen LogP contribution is -2.19. The van der Waals surface area contributed by atoms with Gasteiger partial charge in [0, 0.05) is 6.20 Å². The zero-order chi connectivity index (χ0) is 12.3. The second-order valence-electron chi connectivity index (χ2n) is 3.65. The van der Waals surface area contributed by atoms with Crippen molar-refractivity contribution in [2.24, 2.45) is 0 Å². The summed E-state index contributed by atoms with van der Waals surface area (Å²) in [4.78, 5) is 4.14. The van der Waals surface area contributed by atoms with Crippen LogP contribution in [0.25, 0.3) is 0 Å². The van der Waals surface area contributed by atoms with Gasteiger partial charge in [-0.2, -0.15) is 13.2 Å². The molecule has 1 rings (SSSR count). The molecule has 0 N–H and O–H groups in total. The van der Waals surface area contributed by atoms with Crippen LogP contribution >= 0.6 is 0 Å². The molecule has 16 heavy (non-hydrogen) atoms. The highest BCUT2D eigenvalue weighted by Gasteiger charge is 2.32. The number of halogens is 3. The molecule has 6 heteroatoms. The molecule has 1 atom stereocenters. The first-order chi connectivity index (χ1) is 7.31. The van der Waals surface area contributed by atoms with Gasteiger partial charge in [0.25, 0.3) is 0 Å². The van der Waals surface area contributed by atoms with Gasteiger partial charge in [0.15, 0.2) is 0 Å². The van der Waals surface area contributed by atoms with Gasteiger partial charge in [0.05, 0.1) is 21.4 Å². The van der Waals surface area contributed by atoms with Crippen molar-refractivity contribution in [3.05, 3.63) is 24.0 Å². The van der Waals surface area contributed by atoms with Crippen molar-refractivity contribution in [2.45, 2.75) is 30.8 Å². The fraction of sp³-hybridized carbons (Fsp3) is 0.500. The van der Waals surface area contributed by atoms with Gasteiger partial charge >= 0.3 is 6.18 Å². The molecule has 0 saturated carbocycles. The largest absolute Gasteiger partial charge is 0.400 e. The number of aromatic nitrogens is 1. The molecule has 1 aromatic rings. The van der Waals surface area contributed by atoms with Crippen molar-refractivity contribution in [1.82, 2.24) is 4.98 Å². The molecule has 0 aromatic carbocycles. The molecular formula is C10H12F3NOS. The Hall–Kier alpha value is -0.910. The summed E-state index contributed by atoms with van der Waals surface area (Å²) in [6.45, 7) is 3.60. The molecule has 90 valence electrons. The molecule has 0 saturated heterocycles. The first-order valence-corrected chi connectivity index (χ1v) is 6.03. The van der Waals surface area contributed by atoms with Crippen LogP contribution in [-0.4, -0.2) is 21.1 Å². The summed E-state index contributed by atoms with van der Waals surface area (Å²) < 4.78 is 47.9. The van der Waals surface area contributed by atoms with Crippen LogP contribution in [0.4, 0.5) is 13.2 Å². The van der Waals surface area contributed by atoms with E-state index in [1.54, 1.807) is 13.8 Å². The summed E-state index contributed by atoms with van der Waals surface area (Å²) in [5.41, 5.74) is 0.463. The van der Waals surface area contributed by atoms with E-state index in [1.807, 2.05) is 0 Å². The van der Waals surface area contributed by atoms with Gasteiger partial charge in [-0.1, -0.05) is 13.8 Å². The van der Waals surface area contributed by atoms with Crippen LogP contribution < -0.4 is 0 Å². The summed E-state index contributed by atoms with van der Waals surface area (Å²) in [7, 11) is -2.07. The Morgan fingerprint density at radius 1 is 1.44 bits per heavy atom. The third-order valence-electron chi connectivity index (χ3n) is 1.89. The van der Waals surface area contributed by atoms with Gasteiger partial charge in [-0.15, -0.1) is 0 Å². The highest BCUT2D eigenvalue weighted by Crippen LogP contribution is 2.24. The number of pyridine rings is 1. The SMILES string of the molecule is CC(C)c1ncccc1S(=O)CC(F)(F)F. The molecule has 0 amide bonds. The molecule has 1 heterocycles. The second-order valence-corrected chi connectivity index (χ2v) is 5.07. The molecule has 0 fully saturated rings. The minimum absolute atomic E-state index is 0.0478. The third-order valence-corrected chi connectivity index (χ3v) is 3.31. The molecule has 1 unspecified atom stereocenters. The quantitative estimate of drug-likeness (QED) is 0.826. The summed E-state index contributed by atoms with van der Waals surface area (Å²) in [6.07, 6.45) is -2.93. The van der Waals surface area contributed by atoms with Gasteiger partial charge in [-0.05, 0) is 18.1 Å². The topological polar surface area (TPSA) is 30.0 Å². The lowest BCUT2D eigenvalue weighted by molar-refractivity contribution is -0.105. The number of rotatable bonds is 3. The Morgan fingerprint density at radius 2 is 2.06 bits per heavy atom. The van der Waals surface area contributed by atoms with Gasteiger partial charge < -0.3 is 0 Å². The van der Waals surface area contributed by atoms with Crippen molar-refractivity contribution in [3.63, 3.8) is 0 Å². The molecule has 0 radical (unpaired) electrons. The average molecular weight is 251 g/mol. The lowest BCUT2D eigenvalue weighted by atomic mass is 10.1. The molecule has 0 aliphatic rings. The first-order valence-electron chi connectivity index (χ1n) is 4.71. The van der Waals surface area contributed by atoms with Crippen LogP contribution in [0.1, 0.15) is 25.5 Å². The van der Waals surface area contributed by atoms with Crippen molar-refractivity contribution >= 4 is 10.8 Å². The van der Waals surface area contributed by atoms with E-state index in [0.29, 0.717) is 5.69 Å². The maximum atomic E-state index is 12.1. The molecule has 0 spiro atoms. The van der Waals surface area contributed by atoms with Crippen molar-refractivity contribution in [1.29, 1.82) is 0 Å². The average Bonchev–Trinajstić information content (AvgIpc) is 2.15. The van der Waals surface area contributed by atoms with Gasteiger partial charge in [0.2, 0.25) is 0 Å². The van der Waals surface area contributed by atoms with Crippen LogP contribution in [-0.2, 0) is 10.8 Å². The van der Waals surface area contributed by atoms with Gasteiger partial charge in [0.1, 0.15) is 5.75 Å². The normalized spacial score (nSPS) is 14.1. The zero-order valence-corrected chi connectivity index (χ0v) is 9.73. The molecule has 0 aliphatic carbocycles. The Morgan fingerprint density at radius 3 is 2.56 bits per heavy atom.